The lowest BCUT2D eigenvalue weighted by atomic mass is 10.1. The number of benzene rings is 3. The van der Waals surface area contributed by atoms with Crippen LogP contribution in [0.3, 0.4) is 0 Å². The SMILES string of the molecule is NS(=O)(=O)c1ccc(-n2c(-c3ccccc3)nc3ccc(I)cc3c2=O)cc1. The Labute approximate surface area is 174 Å². The highest BCUT2D eigenvalue weighted by molar-refractivity contribution is 14.1. The molecular formula is C20H14IN3O3S. The summed E-state index contributed by atoms with van der Waals surface area (Å²) < 4.78 is 25.5. The van der Waals surface area contributed by atoms with Crippen LogP contribution in [0.2, 0.25) is 0 Å². The molecule has 0 amide bonds. The van der Waals surface area contributed by atoms with Crippen LogP contribution in [0.25, 0.3) is 28.0 Å². The smallest absolute Gasteiger partial charge is 0.266 e. The lowest BCUT2D eigenvalue weighted by Gasteiger charge is -2.14. The van der Waals surface area contributed by atoms with Gasteiger partial charge in [0.25, 0.3) is 5.56 Å². The van der Waals surface area contributed by atoms with Gasteiger partial charge in [0.15, 0.2) is 0 Å². The summed E-state index contributed by atoms with van der Waals surface area (Å²) in [6.45, 7) is 0. The maximum atomic E-state index is 13.3. The van der Waals surface area contributed by atoms with Crippen molar-refractivity contribution in [3.8, 4) is 17.1 Å². The summed E-state index contributed by atoms with van der Waals surface area (Å²) in [6, 6.07) is 20.7. The van der Waals surface area contributed by atoms with Crippen molar-refractivity contribution in [3.05, 3.63) is 86.7 Å². The van der Waals surface area contributed by atoms with Crippen molar-refractivity contribution in [2.45, 2.75) is 4.90 Å². The predicted molar refractivity (Wildman–Crippen MR) is 117 cm³/mol. The molecule has 0 atom stereocenters. The van der Waals surface area contributed by atoms with Crippen LogP contribution in [0.4, 0.5) is 0 Å². The van der Waals surface area contributed by atoms with Crippen LogP contribution in [0.1, 0.15) is 0 Å². The first-order chi connectivity index (χ1) is 13.3. The second-order valence-electron chi connectivity index (χ2n) is 6.14. The lowest BCUT2D eigenvalue weighted by Crippen LogP contribution is -2.22. The van der Waals surface area contributed by atoms with Crippen molar-refractivity contribution in [2.75, 3.05) is 0 Å². The van der Waals surface area contributed by atoms with E-state index in [1.165, 1.54) is 16.7 Å². The summed E-state index contributed by atoms with van der Waals surface area (Å²) in [4.78, 5) is 18.0. The van der Waals surface area contributed by atoms with E-state index in [9.17, 15) is 13.2 Å². The predicted octanol–water partition coefficient (Wildman–Crippen LogP) is 3.30. The molecule has 0 aliphatic rings. The molecule has 0 aliphatic carbocycles. The van der Waals surface area contributed by atoms with Crippen LogP contribution < -0.4 is 10.7 Å². The summed E-state index contributed by atoms with van der Waals surface area (Å²) >= 11 is 2.15. The highest BCUT2D eigenvalue weighted by atomic mass is 127. The van der Waals surface area contributed by atoms with E-state index in [1.54, 1.807) is 18.2 Å². The molecule has 28 heavy (non-hydrogen) atoms. The molecule has 1 aromatic heterocycles. The molecule has 0 bridgehead atoms. The first-order valence-electron chi connectivity index (χ1n) is 8.25. The second-order valence-corrected chi connectivity index (χ2v) is 8.95. The molecule has 0 fully saturated rings. The van der Waals surface area contributed by atoms with Crippen LogP contribution in [0, 0.1) is 3.57 Å². The van der Waals surface area contributed by atoms with Crippen molar-refractivity contribution >= 4 is 43.5 Å². The van der Waals surface area contributed by atoms with Gasteiger partial charge in [-0.1, -0.05) is 30.3 Å². The van der Waals surface area contributed by atoms with Crippen LogP contribution in [0.15, 0.2) is 82.5 Å². The van der Waals surface area contributed by atoms with Gasteiger partial charge in [0.2, 0.25) is 10.0 Å². The molecule has 2 N–H and O–H groups in total. The topological polar surface area (TPSA) is 95.1 Å². The molecule has 4 aromatic rings. The highest BCUT2D eigenvalue weighted by Crippen LogP contribution is 2.23. The van der Waals surface area contributed by atoms with Gasteiger partial charge in [0, 0.05) is 9.13 Å². The Morgan fingerprint density at radius 2 is 1.61 bits per heavy atom. The van der Waals surface area contributed by atoms with Crippen molar-refractivity contribution in [3.63, 3.8) is 0 Å². The maximum Gasteiger partial charge on any atom is 0.266 e. The molecule has 1 heterocycles. The zero-order valence-corrected chi connectivity index (χ0v) is 17.4. The van der Waals surface area contributed by atoms with E-state index in [0.717, 1.165) is 9.13 Å². The van der Waals surface area contributed by atoms with Crippen LogP contribution in [-0.2, 0) is 10.0 Å². The van der Waals surface area contributed by atoms with E-state index >= 15 is 0 Å². The Kier molecular flexibility index (Phi) is 4.77. The molecule has 0 radical (unpaired) electrons. The van der Waals surface area contributed by atoms with E-state index in [4.69, 9.17) is 10.1 Å². The maximum absolute atomic E-state index is 13.3. The molecule has 6 nitrogen and oxygen atoms in total. The van der Waals surface area contributed by atoms with Gasteiger partial charge in [0.05, 0.1) is 21.5 Å². The molecule has 8 heteroatoms. The number of nitrogens with two attached hydrogens (primary N) is 1. The molecule has 3 aromatic carbocycles. The quantitative estimate of drug-likeness (QED) is 0.434. The molecular weight excluding hydrogens is 489 g/mol. The van der Waals surface area contributed by atoms with Crippen LogP contribution >= 0.6 is 22.6 Å². The Hall–Kier alpha value is -2.56. The van der Waals surface area contributed by atoms with E-state index in [2.05, 4.69) is 22.6 Å². The average Bonchev–Trinajstić information content (AvgIpc) is 2.68. The third-order valence-corrected chi connectivity index (χ3v) is 5.89. The normalized spacial score (nSPS) is 11.6. The molecule has 140 valence electrons. The minimum absolute atomic E-state index is 0.0196. The number of hydrogen-bond acceptors (Lipinski definition) is 4. The third kappa shape index (κ3) is 3.46. The monoisotopic (exact) mass is 503 g/mol. The molecule has 0 saturated carbocycles. The van der Waals surface area contributed by atoms with Crippen molar-refractivity contribution in [2.24, 2.45) is 5.14 Å². The fourth-order valence-corrected chi connectivity index (χ4v) is 3.97. The van der Waals surface area contributed by atoms with Gasteiger partial charge in [-0.25, -0.2) is 18.5 Å². The average molecular weight is 503 g/mol. The van der Waals surface area contributed by atoms with Gasteiger partial charge >= 0.3 is 0 Å². The number of rotatable bonds is 3. The summed E-state index contributed by atoms with van der Waals surface area (Å²) in [5.74, 6) is 0.475. The van der Waals surface area contributed by atoms with Gasteiger partial charge in [-0.05, 0) is 65.1 Å². The first-order valence-corrected chi connectivity index (χ1v) is 10.9. The van der Waals surface area contributed by atoms with Gasteiger partial charge in [-0.2, -0.15) is 0 Å². The standard InChI is InChI=1S/C20H14IN3O3S/c21-14-6-11-18-17(12-14)20(25)24(19(23-18)13-4-2-1-3-5-13)15-7-9-16(10-8-15)28(22,26)27/h1-12H,(H2,22,26,27). The number of hydrogen-bond donors (Lipinski definition) is 1. The lowest BCUT2D eigenvalue weighted by molar-refractivity contribution is 0.598. The fourth-order valence-electron chi connectivity index (χ4n) is 2.96. The van der Waals surface area contributed by atoms with Crippen molar-refractivity contribution in [1.82, 2.24) is 9.55 Å². The van der Waals surface area contributed by atoms with Gasteiger partial charge in [0.1, 0.15) is 5.82 Å². The first kappa shape index (κ1) is 18.8. The van der Waals surface area contributed by atoms with Crippen molar-refractivity contribution in [1.29, 1.82) is 0 Å². The summed E-state index contributed by atoms with van der Waals surface area (Å²) in [5, 5.41) is 5.67. The van der Waals surface area contributed by atoms with Gasteiger partial charge < -0.3 is 0 Å². The molecule has 0 aliphatic heterocycles. The molecule has 4 rings (SSSR count). The Morgan fingerprint density at radius 1 is 0.929 bits per heavy atom. The van der Waals surface area contributed by atoms with Crippen LogP contribution in [0.5, 0.6) is 0 Å². The minimum Gasteiger partial charge on any atom is -0.268 e. The number of halogens is 1. The van der Waals surface area contributed by atoms with E-state index in [-0.39, 0.29) is 10.5 Å². The minimum atomic E-state index is -3.82. The number of nitrogens with zero attached hydrogens (tertiary/aromatic N) is 2. The van der Waals surface area contributed by atoms with Crippen LogP contribution in [-0.4, -0.2) is 18.0 Å². The van der Waals surface area contributed by atoms with E-state index in [1.807, 2.05) is 42.5 Å². The largest absolute Gasteiger partial charge is 0.268 e. The number of aromatic nitrogens is 2. The fraction of sp³-hybridized carbons (Fsp3) is 0. The summed E-state index contributed by atoms with van der Waals surface area (Å²) in [6.07, 6.45) is 0. The third-order valence-electron chi connectivity index (χ3n) is 4.29. The van der Waals surface area contributed by atoms with Gasteiger partial charge in [-0.3, -0.25) is 9.36 Å². The van der Waals surface area contributed by atoms with Crippen molar-refractivity contribution < 1.29 is 8.42 Å². The number of sulfonamides is 1. The zero-order chi connectivity index (χ0) is 19.9. The second kappa shape index (κ2) is 7.12. The summed E-state index contributed by atoms with van der Waals surface area (Å²) in [5.41, 5.74) is 1.65. The highest BCUT2D eigenvalue weighted by Gasteiger charge is 2.16. The Bertz CT molecular complexity index is 1350. The summed E-state index contributed by atoms with van der Waals surface area (Å²) in [7, 11) is -3.82. The Balaban J connectivity index is 2.05. The van der Waals surface area contributed by atoms with E-state index < -0.39 is 10.0 Å². The molecule has 0 unspecified atom stereocenters. The van der Waals surface area contributed by atoms with E-state index in [0.29, 0.717) is 22.4 Å². The zero-order valence-electron chi connectivity index (χ0n) is 14.4. The van der Waals surface area contributed by atoms with Gasteiger partial charge in [-0.15, -0.1) is 0 Å². The number of primary sulfonamides is 1. The number of fused-ring (bicyclic) bond motifs is 1. The molecule has 0 saturated heterocycles. The Morgan fingerprint density at radius 3 is 2.25 bits per heavy atom. The molecule has 0 spiro atoms.